The van der Waals surface area contributed by atoms with Gasteiger partial charge in [0.05, 0.1) is 6.54 Å². The summed E-state index contributed by atoms with van der Waals surface area (Å²) >= 11 is 1.78. The maximum Gasteiger partial charge on any atom is 0.191 e. The largest absolute Gasteiger partial charge is 0.356 e. The number of guanidine groups is 1. The summed E-state index contributed by atoms with van der Waals surface area (Å²) in [4.78, 5) is 10.1. The van der Waals surface area contributed by atoms with E-state index >= 15 is 0 Å². The van der Waals surface area contributed by atoms with Crippen LogP contribution in [0.3, 0.4) is 0 Å². The average Bonchev–Trinajstić information content (AvgIpc) is 2.97. The highest BCUT2D eigenvalue weighted by Gasteiger charge is 2.18. The number of nitrogens with zero attached hydrogens (tertiary/aromatic N) is 2. The Morgan fingerprint density at radius 1 is 1.32 bits per heavy atom. The summed E-state index contributed by atoms with van der Waals surface area (Å²) in [6.45, 7) is 6.31. The lowest BCUT2D eigenvalue weighted by molar-refractivity contribution is 0.289. The zero-order valence-corrected chi connectivity index (χ0v) is 17.0. The maximum absolute atomic E-state index is 4.42. The second-order valence-electron chi connectivity index (χ2n) is 6.01. The second-order valence-corrected chi connectivity index (χ2v) is 7.21. The first-order valence-corrected chi connectivity index (χ1v) is 8.91. The van der Waals surface area contributed by atoms with Crippen molar-refractivity contribution >= 4 is 41.3 Å². The third kappa shape index (κ3) is 6.40. The third-order valence-corrected chi connectivity index (χ3v) is 5.42. The Morgan fingerprint density at radius 2 is 2.05 bits per heavy atom. The SMILES string of the molecule is CCc1cnc(CNC(=NC)NCC2CCC(C)CC2)s1.I. The smallest absolute Gasteiger partial charge is 0.191 e. The molecular formula is C16H29IN4S. The van der Waals surface area contributed by atoms with Crippen molar-refractivity contribution < 1.29 is 0 Å². The Bertz CT molecular complexity index is 453. The van der Waals surface area contributed by atoms with E-state index in [9.17, 15) is 0 Å². The second kappa shape index (κ2) is 10.4. The summed E-state index contributed by atoms with van der Waals surface area (Å²) in [6, 6.07) is 0. The zero-order chi connectivity index (χ0) is 15.1. The molecule has 1 fully saturated rings. The van der Waals surface area contributed by atoms with Gasteiger partial charge in [0.25, 0.3) is 0 Å². The van der Waals surface area contributed by atoms with E-state index in [-0.39, 0.29) is 24.0 Å². The molecular weight excluding hydrogens is 407 g/mol. The minimum absolute atomic E-state index is 0. The molecule has 6 heteroatoms. The molecule has 0 radical (unpaired) electrons. The molecule has 22 heavy (non-hydrogen) atoms. The van der Waals surface area contributed by atoms with Crippen molar-refractivity contribution in [3.63, 3.8) is 0 Å². The van der Waals surface area contributed by atoms with E-state index in [1.54, 1.807) is 11.3 Å². The lowest BCUT2D eigenvalue weighted by atomic mass is 9.83. The van der Waals surface area contributed by atoms with Crippen LogP contribution in [0.1, 0.15) is 49.4 Å². The Kier molecular flexibility index (Phi) is 9.31. The minimum Gasteiger partial charge on any atom is -0.356 e. The maximum atomic E-state index is 4.42. The minimum atomic E-state index is 0. The fourth-order valence-electron chi connectivity index (χ4n) is 2.75. The molecule has 0 amide bonds. The molecule has 1 aromatic rings. The Hall–Kier alpha value is -0.370. The van der Waals surface area contributed by atoms with E-state index in [4.69, 9.17) is 0 Å². The molecule has 1 saturated carbocycles. The predicted molar refractivity (Wildman–Crippen MR) is 106 cm³/mol. The summed E-state index contributed by atoms with van der Waals surface area (Å²) in [5.74, 6) is 2.60. The lowest BCUT2D eigenvalue weighted by Crippen LogP contribution is -2.40. The number of aryl methyl sites for hydroxylation is 1. The van der Waals surface area contributed by atoms with Gasteiger partial charge in [-0.1, -0.05) is 26.7 Å². The van der Waals surface area contributed by atoms with Gasteiger partial charge in [0.1, 0.15) is 5.01 Å². The van der Waals surface area contributed by atoms with E-state index in [0.29, 0.717) is 0 Å². The number of thiazole rings is 1. The van der Waals surface area contributed by atoms with E-state index in [0.717, 1.165) is 42.3 Å². The number of nitrogens with one attached hydrogen (secondary N) is 2. The van der Waals surface area contributed by atoms with Crippen molar-refractivity contribution in [2.75, 3.05) is 13.6 Å². The summed E-state index contributed by atoms with van der Waals surface area (Å²) in [5, 5.41) is 7.95. The third-order valence-electron chi connectivity index (χ3n) is 4.27. The van der Waals surface area contributed by atoms with Crippen molar-refractivity contribution in [2.45, 2.75) is 52.5 Å². The Morgan fingerprint density at radius 3 is 2.64 bits per heavy atom. The first-order chi connectivity index (χ1) is 10.2. The Labute approximate surface area is 155 Å². The molecule has 0 bridgehead atoms. The summed E-state index contributed by atoms with van der Waals surface area (Å²) in [6.07, 6.45) is 8.47. The van der Waals surface area contributed by atoms with E-state index in [1.807, 2.05) is 13.2 Å². The molecule has 1 aliphatic carbocycles. The highest BCUT2D eigenvalue weighted by atomic mass is 127. The molecule has 1 heterocycles. The molecule has 0 unspecified atom stereocenters. The lowest BCUT2D eigenvalue weighted by Gasteiger charge is -2.26. The molecule has 2 N–H and O–H groups in total. The molecule has 0 spiro atoms. The fraction of sp³-hybridized carbons (Fsp3) is 0.750. The van der Waals surface area contributed by atoms with Crippen molar-refractivity contribution in [1.29, 1.82) is 0 Å². The molecule has 4 nitrogen and oxygen atoms in total. The van der Waals surface area contributed by atoms with E-state index in [2.05, 4.69) is 34.5 Å². The fourth-order valence-corrected chi connectivity index (χ4v) is 3.55. The van der Waals surface area contributed by atoms with E-state index in [1.165, 1.54) is 30.6 Å². The van der Waals surface area contributed by atoms with Gasteiger partial charge in [-0.05, 0) is 31.1 Å². The van der Waals surface area contributed by atoms with Gasteiger partial charge in [0.15, 0.2) is 5.96 Å². The first-order valence-electron chi connectivity index (χ1n) is 8.09. The van der Waals surface area contributed by atoms with Crippen molar-refractivity contribution in [1.82, 2.24) is 15.6 Å². The van der Waals surface area contributed by atoms with Crippen LogP contribution in [-0.2, 0) is 13.0 Å². The quantitative estimate of drug-likeness (QED) is 0.419. The van der Waals surface area contributed by atoms with Crippen LogP contribution in [0.4, 0.5) is 0 Å². The van der Waals surface area contributed by atoms with Crippen LogP contribution in [0.25, 0.3) is 0 Å². The van der Waals surface area contributed by atoms with Crippen LogP contribution in [-0.4, -0.2) is 24.5 Å². The van der Waals surface area contributed by atoms with Crippen LogP contribution in [0.15, 0.2) is 11.2 Å². The number of rotatable bonds is 5. The monoisotopic (exact) mass is 436 g/mol. The molecule has 2 rings (SSSR count). The van der Waals surface area contributed by atoms with Gasteiger partial charge in [-0.3, -0.25) is 4.99 Å². The van der Waals surface area contributed by atoms with Crippen LogP contribution in [0.5, 0.6) is 0 Å². The average molecular weight is 436 g/mol. The highest BCUT2D eigenvalue weighted by molar-refractivity contribution is 14.0. The van der Waals surface area contributed by atoms with Gasteiger partial charge >= 0.3 is 0 Å². The molecule has 126 valence electrons. The number of aliphatic imine (C=N–C) groups is 1. The van der Waals surface area contributed by atoms with Gasteiger partial charge in [0.2, 0.25) is 0 Å². The van der Waals surface area contributed by atoms with E-state index < -0.39 is 0 Å². The topological polar surface area (TPSA) is 49.3 Å². The zero-order valence-electron chi connectivity index (χ0n) is 13.9. The van der Waals surface area contributed by atoms with Crippen LogP contribution >= 0.6 is 35.3 Å². The normalized spacial score (nSPS) is 22.0. The Balaban J connectivity index is 0.00000242. The van der Waals surface area contributed by atoms with Gasteiger partial charge in [-0.25, -0.2) is 4.98 Å². The molecule has 0 aromatic carbocycles. The standard InChI is InChI=1S/C16H28N4S.HI/c1-4-14-10-18-15(21-14)11-20-16(17-3)19-9-13-7-5-12(2)6-8-13;/h10,12-13H,4-9,11H2,1-3H3,(H2,17,19,20);1H. The molecule has 1 aliphatic rings. The number of hydrogen-bond acceptors (Lipinski definition) is 3. The first kappa shape index (κ1) is 19.7. The summed E-state index contributed by atoms with van der Waals surface area (Å²) in [7, 11) is 1.83. The van der Waals surface area contributed by atoms with Gasteiger partial charge in [-0.2, -0.15) is 0 Å². The predicted octanol–water partition coefficient (Wildman–Crippen LogP) is 3.81. The molecule has 1 aromatic heterocycles. The highest BCUT2D eigenvalue weighted by Crippen LogP contribution is 2.27. The number of aromatic nitrogens is 1. The molecule has 0 atom stereocenters. The van der Waals surface area contributed by atoms with Crippen LogP contribution in [0, 0.1) is 11.8 Å². The van der Waals surface area contributed by atoms with Crippen molar-refractivity contribution in [2.24, 2.45) is 16.8 Å². The van der Waals surface area contributed by atoms with Crippen molar-refractivity contribution in [3.05, 3.63) is 16.1 Å². The molecule has 0 aliphatic heterocycles. The van der Waals surface area contributed by atoms with Crippen molar-refractivity contribution in [3.8, 4) is 0 Å². The van der Waals surface area contributed by atoms with Gasteiger partial charge in [0, 0.05) is 24.7 Å². The van der Waals surface area contributed by atoms with Crippen LogP contribution in [0.2, 0.25) is 0 Å². The summed E-state index contributed by atoms with van der Waals surface area (Å²) in [5.41, 5.74) is 0. The molecule has 0 saturated heterocycles. The van der Waals surface area contributed by atoms with Gasteiger partial charge < -0.3 is 10.6 Å². The van der Waals surface area contributed by atoms with Crippen LogP contribution < -0.4 is 10.6 Å². The number of halogens is 1. The summed E-state index contributed by atoms with van der Waals surface area (Å²) < 4.78 is 0. The number of hydrogen-bond donors (Lipinski definition) is 2. The van der Waals surface area contributed by atoms with Gasteiger partial charge in [-0.15, -0.1) is 35.3 Å².